The van der Waals surface area contributed by atoms with E-state index in [1.807, 2.05) is 0 Å². The van der Waals surface area contributed by atoms with Crippen LogP contribution in [-0.2, 0) is 16.4 Å². The largest absolute Gasteiger partial charge is 0.332 e. The monoisotopic (exact) mass is 368 g/mol. The molecule has 138 valence electrons. The fourth-order valence-electron chi connectivity index (χ4n) is 1.96. The zero-order chi connectivity index (χ0) is 18.9. The lowest BCUT2D eigenvalue weighted by Crippen LogP contribution is -2.37. The van der Waals surface area contributed by atoms with Gasteiger partial charge >= 0.3 is 11.7 Å². The second-order valence-electron chi connectivity index (χ2n) is 5.14. The molecule has 1 aromatic heterocycles. The van der Waals surface area contributed by atoms with Crippen LogP contribution in [0.5, 0.6) is 0 Å². The highest BCUT2D eigenvalue weighted by Crippen LogP contribution is 1.98. The topological polar surface area (TPSA) is 93.4 Å². The van der Waals surface area contributed by atoms with E-state index in [0.29, 0.717) is 0 Å². The Morgan fingerprint density at radius 3 is 2.60 bits per heavy atom. The summed E-state index contributed by atoms with van der Waals surface area (Å²) in [7, 11) is -3.43. The Balaban J connectivity index is 2.62. The number of carbonyl (C=O) groups excluding carboxylic acids is 1. The maximum Gasteiger partial charge on any atom is 0.332 e. The van der Waals surface area contributed by atoms with Crippen LogP contribution in [0, 0.1) is 0 Å². The second-order valence-corrected chi connectivity index (χ2v) is 7.44. The van der Waals surface area contributed by atoms with Gasteiger partial charge in [-0.05, 0) is 13.8 Å². The van der Waals surface area contributed by atoms with Crippen molar-refractivity contribution in [1.29, 1.82) is 0 Å². The van der Waals surface area contributed by atoms with Crippen LogP contribution in [0.15, 0.2) is 48.3 Å². The van der Waals surface area contributed by atoms with Crippen LogP contribution in [0.25, 0.3) is 6.20 Å². The molecule has 0 fully saturated rings. The van der Waals surface area contributed by atoms with Crippen molar-refractivity contribution in [2.45, 2.75) is 20.4 Å². The Hall–Kier alpha value is -2.55. The molecule has 1 N–H and O–H groups in total. The molecule has 0 spiro atoms. The Bertz CT molecular complexity index is 802. The summed E-state index contributed by atoms with van der Waals surface area (Å²) in [5.74, 6) is -0.402. The van der Waals surface area contributed by atoms with Crippen molar-refractivity contribution >= 4 is 22.1 Å². The number of nitrogens with zero attached hydrogens (tertiary/aromatic N) is 3. The summed E-state index contributed by atoms with van der Waals surface area (Å²) in [5.41, 5.74) is -0.299. The molecule has 8 nitrogen and oxygen atoms in total. The third-order valence-electron chi connectivity index (χ3n) is 3.32. The molecular weight excluding hydrogens is 344 g/mol. The molecule has 9 heteroatoms. The van der Waals surface area contributed by atoms with E-state index in [4.69, 9.17) is 0 Å². The predicted molar refractivity (Wildman–Crippen MR) is 98.6 cm³/mol. The Labute approximate surface area is 147 Å². The number of rotatable bonds is 9. The number of amides is 2. The van der Waals surface area contributed by atoms with Gasteiger partial charge in [0, 0.05) is 44.1 Å². The van der Waals surface area contributed by atoms with Crippen LogP contribution in [0.4, 0.5) is 4.79 Å². The number of aromatic nitrogens is 2. The summed E-state index contributed by atoms with van der Waals surface area (Å²) >= 11 is 0. The second kappa shape index (κ2) is 9.67. The molecule has 0 saturated carbocycles. The van der Waals surface area contributed by atoms with Crippen molar-refractivity contribution in [1.82, 2.24) is 19.4 Å². The number of nitrogens with one attached hydrogen (secondary N) is 1. The first kappa shape index (κ1) is 20.5. The highest BCUT2D eigenvalue weighted by atomic mass is 32.2. The van der Waals surface area contributed by atoms with Crippen LogP contribution in [0.3, 0.4) is 0 Å². The maximum atomic E-state index is 12.2. The van der Waals surface area contributed by atoms with Gasteiger partial charge in [-0.25, -0.2) is 18.0 Å². The minimum Gasteiger partial charge on any atom is -0.315 e. The van der Waals surface area contributed by atoms with E-state index in [1.165, 1.54) is 26.4 Å². The molecular formula is C16H24N4O4S. The zero-order valence-corrected chi connectivity index (χ0v) is 15.3. The number of allylic oxidation sites excluding steroid dienone is 2. The highest BCUT2D eigenvalue weighted by Gasteiger charge is 2.16. The van der Waals surface area contributed by atoms with E-state index in [0.717, 1.165) is 0 Å². The lowest BCUT2D eigenvalue weighted by atomic mass is 10.6. The molecule has 0 radical (unpaired) electrons. The molecule has 1 rings (SSSR count). The van der Waals surface area contributed by atoms with E-state index in [9.17, 15) is 18.0 Å². The fraction of sp³-hybridized carbons (Fsp3) is 0.375. The van der Waals surface area contributed by atoms with Crippen LogP contribution in [0.1, 0.15) is 13.8 Å². The molecule has 2 amide bonds. The highest BCUT2D eigenvalue weighted by molar-refractivity contribution is 7.91. The molecule has 0 bridgehead atoms. The predicted octanol–water partition coefficient (Wildman–Crippen LogP) is 1.24. The normalized spacial score (nSPS) is 11.9. The average Bonchev–Trinajstić information content (AvgIpc) is 2.92. The lowest BCUT2D eigenvalue weighted by molar-refractivity contribution is 0.221. The quantitative estimate of drug-likeness (QED) is 0.710. The maximum absolute atomic E-state index is 12.2. The fourth-order valence-corrected chi connectivity index (χ4v) is 3.12. The van der Waals surface area contributed by atoms with E-state index in [-0.39, 0.29) is 30.3 Å². The van der Waals surface area contributed by atoms with Crippen molar-refractivity contribution in [3.05, 3.63) is 54.0 Å². The van der Waals surface area contributed by atoms with Gasteiger partial charge in [-0.15, -0.1) is 0 Å². The van der Waals surface area contributed by atoms with Gasteiger partial charge in [-0.2, -0.15) is 0 Å². The van der Waals surface area contributed by atoms with Gasteiger partial charge < -0.3 is 10.2 Å². The molecule has 0 aromatic carbocycles. The number of hydrogen-bond acceptors (Lipinski definition) is 4. The van der Waals surface area contributed by atoms with Gasteiger partial charge in [-0.3, -0.25) is 9.13 Å². The summed E-state index contributed by atoms with van der Waals surface area (Å²) < 4.78 is 27.0. The number of sulfone groups is 1. The van der Waals surface area contributed by atoms with Crippen molar-refractivity contribution in [3.63, 3.8) is 0 Å². The molecule has 0 saturated heterocycles. The van der Waals surface area contributed by atoms with Gasteiger partial charge in [0.1, 0.15) is 0 Å². The van der Waals surface area contributed by atoms with Crippen LogP contribution in [0.2, 0.25) is 0 Å². The van der Waals surface area contributed by atoms with E-state index < -0.39 is 15.9 Å². The zero-order valence-electron chi connectivity index (χ0n) is 14.5. The first-order valence-electron chi connectivity index (χ1n) is 7.76. The summed E-state index contributed by atoms with van der Waals surface area (Å²) in [6.07, 6.45) is 10.8. The van der Waals surface area contributed by atoms with Crippen molar-refractivity contribution in [2.24, 2.45) is 0 Å². The number of hydrogen-bond donors (Lipinski definition) is 1. The first-order chi connectivity index (χ1) is 11.8. The minimum absolute atomic E-state index is 0.0102. The average molecular weight is 368 g/mol. The van der Waals surface area contributed by atoms with Gasteiger partial charge in [0.15, 0.2) is 9.84 Å². The smallest absolute Gasteiger partial charge is 0.315 e. The molecule has 0 aliphatic carbocycles. The summed E-state index contributed by atoms with van der Waals surface area (Å²) in [6, 6.07) is -0.456. The third kappa shape index (κ3) is 6.46. The Morgan fingerprint density at radius 2 is 2.00 bits per heavy atom. The molecule has 0 atom stereocenters. The van der Waals surface area contributed by atoms with E-state index in [1.54, 1.807) is 44.6 Å². The van der Waals surface area contributed by atoms with Crippen LogP contribution >= 0.6 is 0 Å². The third-order valence-corrected chi connectivity index (χ3v) is 4.93. The van der Waals surface area contributed by atoms with Gasteiger partial charge in [-0.1, -0.05) is 18.7 Å². The molecule has 1 heterocycles. The first-order valence-corrected chi connectivity index (χ1v) is 9.58. The van der Waals surface area contributed by atoms with Gasteiger partial charge in [0.25, 0.3) is 0 Å². The molecule has 0 aliphatic heterocycles. The van der Waals surface area contributed by atoms with Crippen molar-refractivity contribution in [3.8, 4) is 0 Å². The molecule has 1 aromatic rings. The summed E-state index contributed by atoms with van der Waals surface area (Å²) in [5, 5.41) is 2.49. The Kier molecular flexibility index (Phi) is 7.93. The number of aryl methyl sites for hydroxylation is 1. The lowest BCUT2D eigenvalue weighted by Gasteiger charge is -2.17. The van der Waals surface area contributed by atoms with E-state index >= 15 is 0 Å². The van der Waals surface area contributed by atoms with Crippen LogP contribution in [-0.4, -0.2) is 46.5 Å². The standard InChI is InChI=1S/C16H24N4O4S/c1-4-7-17-15(21)18(6-3)11-13-25(23,24)14-12-20-10-9-19(8-5-2)16(20)22/h4-10H,3,11-14H2,1-2H3,(H,17,21)/b7-4+,8-5+. The SMILES string of the molecule is C=CN(CCS(=O)(=O)CCn1ccn(/C=C/C)c1=O)C(=O)N/C=C/C. The number of urea groups is 1. The number of carbonyl (C=O) groups is 1. The minimum atomic E-state index is -3.43. The van der Waals surface area contributed by atoms with Gasteiger partial charge in [0.2, 0.25) is 0 Å². The Morgan fingerprint density at radius 1 is 1.28 bits per heavy atom. The van der Waals surface area contributed by atoms with Crippen LogP contribution < -0.4 is 11.0 Å². The molecule has 0 aliphatic rings. The number of imidazole rings is 1. The van der Waals surface area contributed by atoms with Crippen molar-refractivity contribution in [2.75, 3.05) is 18.1 Å². The van der Waals surface area contributed by atoms with E-state index in [2.05, 4.69) is 11.9 Å². The van der Waals surface area contributed by atoms with Crippen molar-refractivity contribution < 1.29 is 13.2 Å². The molecule has 0 unspecified atom stereocenters. The summed E-state index contributed by atoms with van der Waals surface area (Å²) in [4.78, 5) is 24.9. The molecule has 25 heavy (non-hydrogen) atoms. The van der Waals surface area contributed by atoms with Gasteiger partial charge in [0.05, 0.1) is 11.5 Å². The summed E-state index contributed by atoms with van der Waals surface area (Å²) in [6.45, 7) is 7.09.